The van der Waals surface area contributed by atoms with Crippen LogP contribution in [0.1, 0.15) is 54.6 Å². The van der Waals surface area contributed by atoms with Crippen molar-refractivity contribution < 1.29 is 37.3 Å². The van der Waals surface area contributed by atoms with Gasteiger partial charge in [0.15, 0.2) is 6.10 Å². The highest BCUT2D eigenvalue weighted by molar-refractivity contribution is 5.92. The molecule has 3 unspecified atom stereocenters. The van der Waals surface area contributed by atoms with Gasteiger partial charge in [-0.3, -0.25) is 0 Å². The topological polar surface area (TPSA) is 94.1 Å². The summed E-state index contributed by atoms with van der Waals surface area (Å²) in [6, 6.07) is 5.22. The average molecular weight is 512 g/mol. The van der Waals surface area contributed by atoms with Crippen molar-refractivity contribution in [3.8, 4) is 5.75 Å². The van der Waals surface area contributed by atoms with Crippen molar-refractivity contribution in [3.05, 3.63) is 52.8 Å². The zero-order chi connectivity index (χ0) is 26.0. The summed E-state index contributed by atoms with van der Waals surface area (Å²) in [5.41, 5.74) is 0.925. The lowest BCUT2D eigenvalue weighted by Crippen LogP contribution is -2.40. The van der Waals surface area contributed by atoms with Crippen molar-refractivity contribution in [3.63, 3.8) is 0 Å². The lowest BCUT2D eigenvalue weighted by molar-refractivity contribution is -0.207. The van der Waals surface area contributed by atoms with Gasteiger partial charge >= 0.3 is 12.2 Å². The molecule has 1 fully saturated rings. The highest BCUT2D eigenvalue weighted by Crippen LogP contribution is 2.43. The number of halogens is 4. The molecule has 196 valence electrons. The summed E-state index contributed by atoms with van der Waals surface area (Å²) in [5.74, 6) is -0.824. The van der Waals surface area contributed by atoms with E-state index < -0.39 is 41.8 Å². The number of carbonyl (C=O) groups is 1. The average Bonchev–Trinajstić information content (AvgIpc) is 2.99. The molecule has 0 radical (unpaired) electrons. The molecule has 4 N–H and O–H groups in total. The maximum atomic E-state index is 13.6. The molecule has 0 aromatic heterocycles. The quantitative estimate of drug-likeness (QED) is 0.441. The van der Waals surface area contributed by atoms with Crippen molar-refractivity contribution in [1.82, 2.24) is 5.32 Å². The van der Waals surface area contributed by atoms with Gasteiger partial charge in [0.25, 0.3) is 0 Å². The van der Waals surface area contributed by atoms with E-state index in [4.69, 9.17) is 4.74 Å². The molecule has 1 saturated heterocycles. The van der Waals surface area contributed by atoms with E-state index in [2.05, 4.69) is 10.6 Å². The van der Waals surface area contributed by atoms with Gasteiger partial charge in [-0.15, -0.1) is 0 Å². The van der Waals surface area contributed by atoms with E-state index in [1.54, 1.807) is 0 Å². The summed E-state index contributed by atoms with van der Waals surface area (Å²) < 4.78 is 59.2. The number of fused-ring (bicyclic) bond motifs is 1. The molecular formula is C25H29F4N3O4. The standard InChI is InChI=1S/C25H29F4N3O4/c1-36-22-18(23(34)25(27,28)29)12-16(32-8-4-2-3-5-9-32)13-20(22)31-24(35)30-19-10-14-6-7-15(26)11-17(14)21(19)33/h6-7,11-13,19,21,23,33-34H,2-5,8-10H2,1H3,(H2,30,31,35). The Morgan fingerprint density at radius 1 is 1.14 bits per heavy atom. The van der Waals surface area contributed by atoms with Crippen LogP contribution < -0.4 is 20.3 Å². The second kappa shape index (κ2) is 10.5. The van der Waals surface area contributed by atoms with Crippen LogP contribution in [0.3, 0.4) is 0 Å². The van der Waals surface area contributed by atoms with Crippen molar-refractivity contribution in [2.45, 2.75) is 56.5 Å². The Bertz CT molecular complexity index is 1100. The number of hydrogen-bond donors (Lipinski definition) is 4. The minimum Gasteiger partial charge on any atom is -0.494 e. The predicted octanol–water partition coefficient (Wildman–Crippen LogP) is 4.59. The number of aliphatic hydroxyl groups excluding tert-OH is 2. The van der Waals surface area contributed by atoms with Crippen molar-refractivity contribution in [1.29, 1.82) is 0 Å². The van der Waals surface area contributed by atoms with Crippen LogP contribution in [-0.4, -0.2) is 48.7 Å². The third-order valence-corrected chi connectivity index (χ3v) is 6.69. The Balaban J connectivity index is 1.61. The van der Waals surface area contributed by atoms with Crippen molar-refractivity contribution >= 4 is 17.4 Å². The number of nitrogens with one attached hydrogen (secondary N) is 2. The van der Waals surface area contributed by atoms with Crippen LogP contribution in [0, 0.1) is 5.82 Å². The van der Waals surface area contributed by atoms with Gasteiger partial charge in [-0.25, -0.2) is 9.18 Å². The molecule has 0 saturated carbocycles. The molecule has 3 atom stereocenters. The number of ether oxygens (including phenoxy) is 1. The van der Waals surface area contributed by atoms with Crippen molar-refractivity contribution in [2.24, 2.45) is 0 Å². The summed E-state index contributed by atoms with van der Waals surface area (Å²) in [6.07, 6.45) is -4.90. The third kappa shape index (κ3) is 5.52. The molecule has 2 amide bonds. The maximum Gasteiger partial charge on any atom is 0.418 e. The number of alkyl halides is 3. The monoisotopic (exact) mass is 511 g/mol. The summed E-state index contributed by atoms with van der Waals surface area (Å²) >= 11 is 0. The lowest BCUT2D eigenvalue weighted by atomic mass is 10.0. The largest absolute Gasteiger partial charge is 0.494 e. The molecule has 36 heavy (non-hydrogen) atoms. The number of anilines is 2. The van der Waals surface area contributed by atoms with Crippen LogP contribution in [0.5, 0.6) is 5.75 Å². The molecule has 1 heterocycles. The van der Waals surface area contributed by atoms with Gasteiger partial charge in [0.05, 0.1) is 24.9 Å². The molecule has 2 aromatic rings. The molecule has 0 bridgehead atoms. The van der Waals surface area contributed by atoms with Gasteiger partial charge in [0.2, 0.25) is 0 Å². The molecule has 11 heteroatoms. The van der Waals surface area contributed by atoms with Gasteiger partial charge in [-0.05, 0) is 54.7 Å². The highest BCUT2D eigenvalue weighted by Gasteiger charge is 2.42. The third-order valence-electron chi connectivity index (χ3n) is 6.69. The number of aliphatic hydroxyl groups is 2. The first kappa shape index (κ1) is 26.0. The van der Waals surface area contributed by atoms with Crippen LogP contribution >= 0.6 is 0 Å². The van der Waals surface area contributed by atoms with Gasteiger partial charge < -0.3 is 30.5 Å². The fraction of sp³-hybridized carbons (Fsp3) is 0.480. The van der Waals surface area contributed by atoms with E-state index in [0.29, 0.717) is 29.9 Å². The molecule has 2 aliphatic rings. The first-order valence-corrected chi connectivity index (χ1v) is 11.8. The second-order valence-corrected chi connectivity index (χ2v) is 9.16. The molecule has 7 nitrogen and oxygen atoms in total. The molecule has 1 aliphatic carbocycles. The van der Waals surface area contributed by atoms with E-state index in [1.165, 1.54) is 30.3 Å². The number of benzene rings is 2. The number of amides is 2. The summed E-state index contributed by atoms with van der Waals surface area (Å²) in [4.78, 5) is 14.8. The number of methoxy groups -OCH3 is 1. The van der Waals surface area contributed by atoms with Gasteiger partial charge in [-0.2, -0.15) is 13.2 Å². The Hall–Kier alpha value is -3.05. The van der Waals surface area contributed by atoms with Crippen LogP contribution in [0.4, 0.5) is 33.7 Å². The smallest absolute Gasteiger partial charge is 0.418 e. The van der Waals surface area contributed by atoms with E-state index in [9.17, 15) is 32.6 Å². The summed E-state index contributed by atoms with van der Waals surface area (Å²) in [5, 5.41) is 25.7. The lowest BCUT2D eigenvalue weighted by Gasteiger charge is -2.27. The van der Waals surface area contributed by atoms with E-state index in [-0.39, 0.29) is 17.9 Å². The maximum absolute atomic E-state index is 13.6. The minimum atomic E-state index is -4.95. The SMILES string of the molecule is COc1c(NC(=O)NC2Cc3ccc(F)cc3C2O)cc(N2CCCCCC2)cc1C(O)C(F)(F)F. The van der Waals surface area contributed by atoms with Gasteiger partial charge in [0, 0.05) is 24.3 Å². The van der Waals surface area contributed by atoms with Gasteiger partial charge in [-0.1, -0.05) is 18.9 Å². The zero-order valence-electron chi connectivity index (χ0n) is 19.7. The number of urea groups is 1. The first-order valence-electron chi connectivity index (χ1n) is 11.8. The molecule has 2 aromatic carbocycles. The van der Waals surface area contributed by atoms with Crippen LogP contribution in [0.15, 0.2) is 30.3 Å². The Morgan fingerprint density at radius 3 is 2.47 bits per heavy atom. The number of carbonyl (C=O) groups excluding carboxylic acids is 1. The van der Waals surface area contributed by atoms with Crippen molar-refractivity contribution in [2.75, 3.05) is 30.4 Å². The van der Waals surface area contributed by atoms with Gasteiger partial charge in [0.1, 0.15) is 11.6 Å². The molecular weight excluding hydrogens is 482 g/mol. The number of nitrogens with zero attached hydrogens (tertiary/aromatic N) is 1. The van der Waals surface area contributed by atoms with Crippen LogP contribution in [-0.2, 0) is 6.42 Å². The predicted molar refractivity (Wildman–Crippen MR) is 126 cm³/mol. The van der Waals surface area contributed by atoms with E-state index >= 15 is 0 Å². The Morgan fingerprint density at radius 2 is 1.83 bits per heavy atom. The number of hydrogen-bond acceptors (Lipinski definition) is 5. The molecule has 4 rings (SSSR count). The zero-order valence-corrected chi connectivity index (χ0v) is 19.7. The summed E-state index contributed by atoms with van der Waals surface area (Å²) in [6.45, 7) is 1.26. The fourth-order valence-corrected chi connectivity index (χ4v) is 4.90. The van der Waals surface area contributed by atoms with Crippen LogP contribution in [0.2, 0.25) is 0 Å². The van der Waals surface area contributed by atoms with E-state index in [1.807, 2.05) is 4.90 Å². The summed E-state index contributed by atoms with van der Waals surface area (Å²) in [7, 11) is 1.16. The highest BCUT2D eigenvalue weighted by atomic mass is 19.4. The fourth-order valence-electron chi connectivity index (χ4n) is 4.90. The minimum absolute atomic E-state index is 0.0499. The molecule has 1 aliphatic heterocycles. The normalized spacial score (nSPS) is 20.9. The number of rotatable bonds is 5. The Kier molecular flexibility index (Phi) is 7.60. The Labute approximate surface area is 206 Å². The first-order chi connectivity index (χ1) is 17.1. The van der Waals surface area contributed by atoms with Crippen LogP contribution in [0.25, 0.3) is 0 Å². The second-order valence-electron chi connectivity index (χ2n) is 9.16. The molecule has 0 spiro atoms. The van der Waals surface area contributed by atoms with E-state index in [0.717, 1.165) is 32.8 Å².